The molecule has 0 saturated carbocycles. The Hall–Kier alpha value is -11.5. The minimum Gasteiger partial charge on any atom is -0.309 e. The van der Waals surface area contributed by atoms with Crippen LogP contribution in [0.4, 0.5) is 0 Å². The molecule has 0 N–H and O–H groups in total. The van der Waals surface area contributed by atoms with Crippen molar-refractivity contribution < 1.29 is 0 Å². The average Bonchev–Trinajstić information content (AvgIpc) is 2.06. The molecule has 0 spiro atoms. The summed E-state index contributed by atoms with van der Waals surface area (Å²) in [5, 5.41) is 20.0. The van der Waals surface area contributed by atoms with Crippen molar-refractivity contribution in [1.29, 1.82) is 5.26 Å². The minimum absolute atomic E-state index is 0.623. The fourth-order valence-corrected chi connectivity index (χ4v) is 13.6. The molecule has 0 radical (unpaired) electrons. The first-order valence-corrected chi connectivity index (χ1v) is 28.5. The zero-order valence-corrected chi connectivity index (χ0v) is 45.4. The van der Waals surface area contributed by atoms with E-state index in [9.17, 15) is 5.26 Å². The molecule has 6 heteroatoms. The van der Waals surface area contributed by atoms with Gasteiger partial charge in [0, 0.05) is 71.8 Å². The van der Waals surface area contributed by atoms with Crippen LogP contribution in [0.3, 0.4) is 0 Å². The molecule has 0 aliphatic heterocycles. The Kier molecular flexibility index (Phi) is 10.6. The van der Waals surface area contributed by atoms with E-state index in [-0.39, 0.29) is 0 Å². The largest absolute Gasteiger partial charge is 0.309 e. The van der Waals surface area contributed by atoms with Crippen molar-refractivity contribution in [3.8, 4) is 73.3 Å². The lowest BCUT2D eigenvalue weighted by Gasteiger charge is -2.19. The quantitative estimate of drug-likeness (QED) is 0.152. The van der Waals surface area contributed by atoms with Gasteiger partial charge in [-0.1, -0.05) is 158 Å². The second kappa shape index (κ2) is 18.8. The lowest BCUT2D eigenvalue weighted by Crippen LogP contribution is -2.02. The summed E-state index contributed by atoms with van der Waals surface area (Å²) in [6, 6.07) is 103. The van der Waals surface area contributed by atoms with Crippen LogP contribution in [-0.2, 0) is 0 Å². The summed E-state index contributed by atoms with van der Waals surface area (Å²) in [4.78, 5) is 4.90. The molecule has 17 aromatic rings. The van der Waals surface area contributed by atoms with E-state index in [0.29, 0.717) is 5.56 Å². The maximum absolute atomic E-state index is 10.5. The van der Waals surface area contributed by atoms with Crippen LogP contribution in [0.15, 0.2) is 291 Å². The second-order valence-corrected chi connectivity index (χ2v) is 21.8. The summed E-state index contributed by atoms with van der Waals surface area (Å²) in [7, 11) is 0. The van der Waals surface area contributed by atoms with Crippen LogP contribution in [0.1, 0.15) is 5.56 Å². The first-order chi connectivity index (χ1) is 41.6. The topological polar surface area (TPSA) is 56.4 Å². The third-order valence-electron chi connectivity index (χ3n) is 17.3. The smallest absolute Gasteiger partial charge is 0.0998 e. The standard InChI is InChI=1S/C78H48N6/c79-48-55-17-7-8-22-58(55)54-35-40-76(83-71-29-15-11-25-61(71)66-45-52(33-38-75(66)83)50-31-36-73-64(43-50)59-23-9-13-27-69(59)81(73)56-18-3-1-4-19-56)68(47-54)63-41-42-80-49-78(63)84-72-30-16-12-26-62(72)67-46-53(34-39-77(67)84)51-32-37-74-65(44-51)60-24-10-14-28-70(60)82(74)57-20-5-2-6-21-57/h1-47,49H. The summed E-state index contributed by atoms with van der Waals surface area (Å²) in [5.41, 5.74) is 22.4. The SMILES string of the molecule is N#Cc1ccccc1-c1ccc(-n2c3ccccc3c3cc(-c4ccc5c(c4)c4ccccc4n5-c4ccccc4)ccc32)c(-c2ccncc2-n2c3ccccc3c3cc(-c4ccc5c(c4)c4ccccc4n5-c4ccccc4)ccc32)c1. The normalized spacial score (nSPS) is 11.8. The Morgan fingerprint density at radius 2 is 0.631 bits per heavy atom. The van der Waals surface area contributed by atoms with E-state index in [2.05, 4.69) is 279 Å². The lowest BCUT2D eigenvalue weighted by atomic mass is 9.94. The number of pyridine rings is 1. The molecule has 84 heavy (non-hydrogen) atoms. The summed E-state index contributed by atoms with van der Waals surface area (Å²) in [5.74, 6) is 0. The number of nitriles is 1. The number of aromatic nitrogens is 5. The summed E-state index contributed by atoms with van der Waals surface area (Å²) in [6.45, 7) is 0. The molecule has 5 heterocycles. The van der Waals surface area contributed by atoms with Gasteiger partial charge in [0.2, 0.25) is 0 Å². The number of fused-ring (bicyclic) bond motifs is 12. The van der Waals surface area contributed by atoms with Gasteiger partial charge in [-0.15, -0.1) is 0 Å². The van der Waals surface area contributed by atoms with Gasteiger partial charge in [-0.2, -0.15) is 5.26 Å². The van der Waals surface area contributed by atoms with Gasteiger partial charge in [-0.3, -0.25) is 4.98 Å². The summed E-state index contributed by atoms with van der Waals surface area (Å²) in [6.07, 6.45) is 3.92. The summed E-state index contributed by atoms with van der Waals surface area (Å²) < 4.78 is 9.55. The molecule has 5 aromatic heterocycles. The Morgan fingerprint density at radius 3 is 1.10 bits per heavy atom. The maximum Gasteiger partial charge on any atom is 0.0998 e. The van der Waals surface area contributed by atoms with Crippen LogP contribution >= 0.6 is 0 Å². The van der Waals surface area contributed by atoms with Gasteiger partial charge in [0.1, 0.15) is 0 Å². The van der Waals surface area contributed by atoms with Crippen molar-refractivity contribution in [2.75, 3.05) is 0 Å². The number of rotatable bonds is 8. The monoisotopic (exact) mass is 1070 g/mol. The Bertz CT molecular complexity index is 5570. The molecule has 390 valence electrons. The highest BCUT2D eigenvalue weighted by Crippen LogP contribution is 2.45. The molecule has 0 aliphatic rings. The van der Waals surface area contributed by atoms with E-state index in [0.717, 1.165) is 111 Å². The van der Waals surface area contributed by atoms with Crippen LogP contribution in [0, 0.1) is 11.3 Å². The van der Waals surface area contributed by atoms with Crippen molar-refractivity contribution >= 4 is 87.2 Å². The van der Waals surface area contributed by atoms with Gasteiger partial charge in [-0.25, -0.2) is 0 Å². The first kappa shape index (κ1) is 47.3. The minimum atomic E-state index is 0.623. The van der Waals surface area contributed by atoms with E-state index in [1.54, 1.807) is 0 Å². The van der Waals surface area contributed by atoms with Crippen molar-refractivity contribution in [3.05, 3.63) is 297 Å². The number of hydrogen-bond donors (Lipinski definition) is 0. The fraction of sp³-hybridized carbons (Fsp3) is 0. The molecule has 12 aromatic carbocycles. The number of para-hydroxylation sites is 6. The number of benzene rings is 12. The molecule has 0 bridgehead atoms. The van der Waals surface area contributed by atoms with E-state index in [4.69, 9.17) is 4.98 Å². The highest BCUT2D eigenvalue weighted by molar-refractivity contribution is 6.15. The van der Waals surface area contributed by atoms with Crippen molar-refractivity contribution in [2.45, 2.75) is 0 Å². The van der Waals surface area contributed by atoms with E-state index >= 15 is 0 Å². The van der Waals surface area contributed by atoms with Crippen molar-refractivity contribution in [2.24, 2.45) is 0 Å². The molecule has 0 amide bonds. The third kappa shape index (κ3) is 7.19. The van der Waals surface area contributed by atoms with Crippen LogP contribution in [-0.4, -0.2) is 23.3 Å². The van der Waals surface area contributed by atoms with E-state index in [1.807, 2.05) is 36.7 Å². The molecule has 17 rings (SSSR count). The van der Waals surface area contributed by atoms with Crippen LogP contribution < -0.4 is 0 Å². The van der Waals surface area contributed by atoms with Crippen molar-refractivity contribution in [3.63, 3.8) is 0 Å². The zero-order valence-electron chi connectivity index (χ0n) is 45.4. The predicted molar refractivity (Wildman–Crippen MR) is 348 cm³/mol. The number of nitrogens with zero attached hydrogens (tertiary/aromatic N) is 6. The zero-order chi connectivity index (χ0) is 55.4. The highest BCUT2D eigenvalue weighted by atomic mass is 15.0. The van der Waals surface area contributed by atoms with Gasteiger partial charge in [0.25, 0.3) is 0 Å². The van der Waals surface area contributed by atoms with Crippen molar-refractivity contribution in [1.82, 2.24) is 23.3 Å². The van der Waals surface area contributed by atoms with Crippen LogP contribution in [0.5, 0.6) is 0 Å². The third-order valence-corrected chi connectivity index (χ3v) is 17.3. The number of hydrogen-bond acceptors (Lipinski definition) is 2. The average molecular weight is 1070 g/mol. The maximum atomic E-state index is 10.5. The molecular weight excluding hydrogens is 1020 g/mol. The predicted octanol–water partition coefficient (Wildman–Crippen LogP) is 20.0. The van der Waals surface area contributed by atoms with Crippen LogP contribution in [0.25, 0.3) is 154 Å². The Labute approximate surface area is 483 Å². The molecule has 0 aliphatic carbocycles. The second-order valence-electron chi connectivity index (χ2n) is 21.8. The Morgan fingerprint density at radius 1 is 0.262 bits per heavy atom. The fourth-order valence-electron chi connectivity index (χ4n) is 13.6. The Balaban J connectivity index is 0.845. The van der Waals surface area contributed by atoms with Gasteiger partial charge >= 0.3 is 0 Å². The molecule has 0 unspecified atom stereocenters. The van der Waals surface area contributed by atoms with Crippen LogP contribution in [0.2, 0.25) is 0 Å². The van der Waals surface area contributed by atoms with Gasteiger partial charge in [0.15, 0.2) is 0 Å². The molecular formula is C78H48N6. The van der Waals surface area contributed by atoms with Gasteiger partial charge in [-0.05, 0) is 155 Å². The van der Waals surface area contributed by atoms with Gasteiger partial charge in [0.05, 0.1) is 73.3 Å². The summed E-state index contributed by atoms with van der Waals surface area (Å²) >= 11 is 0. The molecule has 0 atom stereocenters. The highest BCUT2D eigenvalue weighted by Gasteiger charge is 2.24. The van der Waals surface area contributed by atoms with E-state index in [1.165, 1.54) is 43.6 Å². The van der Waals surface area contributed by atoms with Gasteiger partial charge < -0.3 is 18.3 Å². The first-order valence-electron chi connectivity index (χ1n) is 28.5. The lowest BCUT2D eigenvalue weighted by molar-refractivity contribution is 1.13. The molecule has 0 saturated heterocycles. The van der Waals surface area contributed by atoms with E-state index < -0.39 is 0 Å². The molecule has 6 nitrogen and oxygen atoms in total. The molecule has 0 fully saturated rings.